The third-order valence-electron chi connectivity index (χ3n) is 3.04. The molecule has 1 heterocycles. The molecule has 1 aromatic carbocycles. The second kappa shape index (κ2) is 4.96. The summed E-state index contributed by atoms with van der Waals surface area (Å²) >= 11 is 6.27. The van der Waals surface area contributed by atoms with Gasteiger partial charge in [0.15, 0.2) is 11.5 Å². The summed E-state index contributed by atoms with van der Waals surface area (Å²) in [6.45, 7) is 5.00. The van der Waals surface area contributed by atoms with Crippen molar-refractivity contribution in [3.63, 3.8) is 0 Å². The molecule has 4 heteroatoms. The summed E-state index contributed by atoms with van der Waals surface area (Å²) in [6, 6.07) is 1.93. The fourth-order valence-electron chi connectivity index (χ4n) is 2.04. The normalized spacial score (nSPS) is 15.5. The van der Waals surface area contributed by atoms with E-state index < -0.39 is 0 Å². The number of benzene rings is 1. The molecular formula is C13H15ClO3. The molecule has 3 nitrogen and oxygen atoms in total. The molecule has 17 heavy (non-hydrogen) atoms. The highest BCUT2D eigenvalue weighted by Gasteiger charge is 2.21. The minimum absolute atomic E-state index is 0.140. The van der Waals surface area contributed by atoms with Gasteiger partial charge in [0.1, 0.15) is 19.5 Å². The lowest BCUT2D eigenvalue weighted by atomic mass is 9.93. The molecule has 0 amide bonds. The van der Waals surface area contributed by atoms with Crippen molar-refractivity contribution in [3.8, 4) is 11.5 Å². The standard InChI is InChI=1S/C13H15ClO3/c1-8(3-4-15)10-7-11-13(12(14)9(10)2)17-6-5-16-11/h4,7-8H,3,5-6H2,1-2H3. The number of hydrogen-bond acceptors (Lipinski definition) is 3. The summed E-state index contributed by atoms with van der Waals surface area (Å²) < 4.78 is 11.0. The van der Waals surface area contributed by atoms with Crippen LogP contribution < -0.4 is 9.47 Å². The van der Waals surface area contributed by atoms with Gasteiger partial charge in [0.25, 0.3) is 0 Å². The van der Waals surface area contributed by atoms with Crippen LogP contribution in [0.25, 0.3) is 0 Å². The number of carbonyl (C=O) groups excluding carboxylic acids is 1. The molecule has 0 saturated heterocycles. The van der Waals surface area contributed by atoms with Crippen molar-refractivity contribution < 1.29 is 14.3 Å². The Labute approximate surface area is 106 Å². The number of rotatable bonds is 3. The highest BCUT2D eigenvalue weighted by Crippen LogP contribution is 2.43. The van der Waals surface area contributed by atoms with Crippen LogP contribution in [0.4, 0.5) is 0 Å². The quantitative estimate of drug-likeness (QED) is 0.778. The molecule has 0 N–H and O–H groups in total. The maximum absolute atomic E-state index is 10.6. The molecule has 1 atom stereocenters. The maximum atomic E-state index is 10.6. The largest absolute Gasteiger partial charge is 0.486 e. The molecule has 1 aliphatic rings. The van der Waals surface area contributed by atoms with Gasteiger partial charge in [0.05, 0.1) is 5.02 Å². The van der Waals surface area contributed by atoms with Crippen LogP contribution in [-0.4, -0.2) is 19.5 Å². The van der Waals surface area contributed by atoms with Crippen molar-refractivity contribution >= 4 is 17.9 Å². The van der Waals surface area contributed by atoms with Crippen molar-refractivity contribution in [2.24, 2.45) is 0 Å². The topological polar surface area (TPSA) is 35.5 Å². The molecule has 0 fully saturated rings. The third-order valence-corrected chi connectivity index (χ3v) is 3.50. The molecule has 92 valence electrons. The lowest BCUT2D eigenvalue weighted by molar-refractivity contribution is -0.108. The lowest BCUT2D eigenvalue weighted by Crippen LogP contribution is -2.16. The van der Waals surface area contributed by atoms with Gasteiger partial charge in [0, 0.05) is 6.42 Å². The zero-order valence-corrected chi connectivity index (χ0v) is 10.7. The van der Waals surface area contributed by atoms with Crippen LogP contribution in [0.1, 0.15) is 30.4 Å². The van der Waals surface area contributed by atoms with E-state index in [1.54, 1.807) is 0 Å². The highest BCUT2D eigenvalue weighted by atomic mass is 35.5. The van der Waals surface area contributed by atoms with Crippen LogP contribution in [0.2, 0.25) is 5.02 Å². The van der Waals surface area contributed by atoms with E-state index >= 15 is 0 Å². The molecular weight excluding hydrogens is 240 g/mol. The van der Waals surface area contributed by atoms with Crippen molar-refractivity contribution in [1.29, 1.82) is 0 Å². The van der Waals surface area contributed by atoms with Gasteiger partial charge in [-0.25, -0.2) is 0 Å². The van der Waals surface area contributed by atoms with E-state index in [2.05, 4.69) is 0 Å². The van der Waals surface area contributed by atoms with E-state index in [1.807, 2.05) is 19.9 Å². The number of halogens is 1. The molecule has 1 unspecified atom stereocenters. The molecule has 2 rings (SSSR count). The monoisotopic (exact) mass is 254 g/mol. The van der Waals surface area contributed by atoms with E-state index in [4.69, 9.17) is 21.1 Å². The highest BCUT2D eigenvalue weighted by molar-refractivity contribution is 6.33. The second-order valence-electron chi connectivity index (χ2n) is 4.23. The van der Waals surface area contributed by atoms with Crippen molar-refractivity contribution in [2.75, 3.05) is 13.2 Å². The van der Waals surface area contributed by atoms with E-state index in [0.717, 1.165) is 17.4 Å². The number of fused-ring (bicyclic) bond motifs is 1. The second-order valence-corrected chi connectivity index (χ2v) is 4.61. The summed E-state index contributed by atoms with van der Waals surface area (Å²) in [5.74, 6) is 1.44. The molecule has 1 aliphatic heterocycles. The number of carbonyl (C=O) groups is 1. The Morgan fingerprint density at radius 3 is 2.88 bits per heavy atom. The summed E-state index contributed by atoms with van der Waals surface area (Å²) in [4.78, 5) is 10.6. The van der Waals surface area contributed by atoms with E-state index in [1.165, 1.54) is 0 Å². The van der Waals surface area contributed by atoms with E-state index in [0.29, 0.717) is 36.2 Å². The van der Waals surface area contributed by atoms with Crippen LogP contribution in [0.3, 0.4) is 0 Å². The SMILES string of the molecule is Cc1c(C(C)CC=O)cc2c(c1Cl)OCCO2. The Morgan fingerprint density at radius 1 is 1.47 bits per heavy atom. The zero-order valence-electron chi connectivity index (χ0n) is 9.96. The van der Waals surface area contributed by atoms with E-state index in [9.17, 15) is 4.79 Å². The molecule has 0 aliphatic carbocycles. The zero-order chi connectivity index (χ0) is 12.4. The Bertz CT molecular complexity index is 443. The number of ether oxygens (including phenoxy) is 2. The van der Waals surface area contributed by atoms with Gasteiger partial charge >= 0.3 is 0 Å². The van der Waals surface area contributed by atoms with Crippen LogP contribution >= 0.6 is 11.6 Å². The Kier molecular flexibility index (Phi) is 3.57. The fraction of sp³-hybridized carbons (Fsp3) is 0.462. The number of aldehydes is 1. The van der Waals surface area contributed by atoms with Crippen molar-refractivity contribution in [3.05, 3.63) is 22.2 Å². The van der Waals surface area contributed by atoms with Gasteiger partial charge in [-0.05, 0) is 30.0 Å². The summed E-state index contributed by atoms with van der Waals surface area (Å²) in [5, 5.41) is 0.593. The van der Waals surface area contributed by atoms with Crippen molar-refractivity contribution in [2.45, 2.75) is 26.2 Å². The maximum Gasteiger partial charge on any atom is 0.180 e. The predicted molar refractivity (Wildman–Crippen MR) is 66.3 cm³/mol. The minimum Gasteiger partial charge on any atom is -0.486 e. The van der Waals surface area contributed by atoms with Crippen LogP contribution in [-0.2, 0) is 4.79 Å². The van der Waals surface area contributed by atoms with Crippen LogP contribution in [0.5, 0.6) is 11.5 Å². The first kappa shape index (κ1) is 12.2. The van der Waals surface area contributed by atoms with E-state index in [-0.39, 0.29) is 5.92 Å². The summed E-state index contributed by atoms with van der Waals surface area (Å²) in [7, 11) is 0. The molecule has 0 aromatic heterocycles. The first-order chi connectivity index (χ1) is 8.15. The van der Waals surface area contributed by atoms with Gasteiger partial charge in [-0.3, -0.25) is 0 Å². The predicted octanol–water partition coefficient (Wildman–Crippen LogP) is 3.11. The molecule has 0 bridgehead atoms. The van der Waals surface area contributed by atoms with Gasteiger partial charge in [-0.1, -0.05) is 18.5 Å². The molecule has 0 saturated carbocycles. The van der Waals surface area contributed by atoms with Gasteiger partial charge < -0.3 is 14.3 Å². The van der Waals surface area contributed by atoms with Crippen LogP contribution in [0, 0.1) is 6.92 Å². The Morgan fingerprint density at radius 2 is 2.18 bits per heavy atom. The first-order valence-corrected chi connectivity index (χ1v) is 6.05. The van der Waals surface area contributed by atoms with Crippen molar-refractivity contribution in [1.82, 2.24) is 0 Å². The van der Waals surface area contributed by atoms with Gasteiger partial charge in [-0.2, -0.15) is 0 Å². The summed E-state index contributed by atoms with van der Waals surface area (Å²) in [5.41, 5.74) is 2.01. The Balaban J connectivity index is 2.47. The average molecular weight is 255 g/mol. The minimum atomic E-state index is 0.140. The molecule has 0 radical (unpaired) electrons. The summed E-state index contributed by atoms with van der Waals surface area (Å²) in [6.07, 6.45) is 1.41. The average Bonchev–Trinajstić information content (AvgIpc) is 2.34. The molecule has 0 spiro atoms. The van der Waals surface area contributed by atoms with Crippen LogP contribution in [0.15, 0.2) is 6.07 Å². The first-order valence-electron chi connectivity index (χ1n) is 5.67. The van der Waals surface area contributed by atoms with Gasteiger partial charge in [0.2, 0.25) is 0 Å². The number of hydrogen-bond donors (Lipinski definition) is 0. The molecule has 1 aromatic rings. The Hall–Kier alpha value is -1.22. The smallest absolute Gasteiger partial charge is 0.180 e. The van der Waals surface area contributed by atoms with Gasteiger partial charge in [-0.15, -0.1) is 0 Å². The lowest BCUT2D eigenvalue weighted by Gasteiger charge is -2.23. The fourth-order valence-corrected chi connectivity index (χ4v) is 2.30. The third kappa shape index (κ3) is 2.25.